The largest absolute Gasteiger partial charge is 0.457 e. The molecular weight excluding hydrogens is 344 g/mol. The number of rotatable bonds is 2. The van der Waals surface area contributed by atoms with Gasteiger partial charge in [0.15, 0.2) is 0 Å². The van der Waals surface area contributed by atoms with Gasteiger partial charge >= 0.3 is 11.9 Å². The highest BCUT2D eigenvalue weighted by molar-refractivity contribution is 9.12. The van der Waals surface area contributed by atoms with Gasteiger partial charge in [-0.05, 0) is 12.2 Å². The summed E-state index contributed by atoms with van der Waals surface area (Å²) in [5, 5.41) is 0. The van der Waals surface area contributed by atoms with Crippen molar-refractivity contribution in [3.63, 3.8) is 0 Å². The molecule has 0 radical (unpaired) electrons. The highest BCUT2D eigenvalue weighted by Crippen LogP contribution is 2.30. The van der Waals surface area contributed by atoms with Crippen LogP contribution in [-0.2, 0) is 19.1 Å². The minimum atomic E-state index is -0.353. The van der Waals surface area contributed by atoms with Crippen LogP contribution < -0.4 is 0 Å². The van der Waals surface area contributed by atoms with Crippen molar-refractivity contribution in [1.82, 2.24) is 0 Å². The Kier molecular flexibility index (Phi) is 4.98. The first-order chi connectivity index (χ1) is 7.41. The van der Waals surface area contributed by atoms with Gasteiger partial charge in [0.25, 0.3) is 0 Å². The molecule has 0 spiro atoms. The molecule has 0 bridgehead atoms. The third-order valence-electron chi connectivity index (χ3n) is 2.03. The molecular formula is C10H12Br2O4. The number of alkyl halides is 2. The fourth-order valence-electron chi connectivity index (χ4n) is 1.39. The summed E-state index contributed by atoms with van der Waals surface area (Å²) in [6, 6.07) is 0. The third-order valence-corrected chi connectivity index (χ3v) is 4.92. The fourth-order valence-corrected chi connectivity index (χ4v) is 2.56. The van der Waals surface area contributed by atoms with Crippen molar-refractivity contribution in [1.29, 1.82) is 0 Å². The van der Waals surface area contributed by atoms with Crippen LogP contribution in [0.15, 0.2) is 12.2 Å². The Hall–Kier alpha value is -0.360. The number of esters is 2. The number of carbonyl (C=O) groups is 2. The van der Waals surface area contributed by atoms with Crippen LogP contribution in [0.25, 0.3) is 0 Å². The van der Waals surface area contributed by atoms with Crippen LogP contribution in [0.1, 0.15) is 13.8 Å². The summed E-state index contributed by atoms with van der Waals surface area (Å²) in [7, 11) is 0. The molecule has 4 atom stereocenters. The second kappa shape index (κ2) is 5.82. The minimum Gasteiger partial charge on any atom is -0.457 e. The molecule has 0 fully saturated rings. The highest BCUT2D eigenvalue weighted by Gasteiger charge is 2.36. The first-order valence-corrected chi connectivity index (χ1v) is 6.56. The summed E-state index contributed by atoms with van der Waals surface area (Å²) in [5.74, 6) is -0.686. The monoisotopic (exact) mass is 354 g/mol. The Morgan fingerprint density at radius 1 is 0.938 bits per heavy atom. The molecule has 4 unspecified atom stereocenters. The molecule has 4 nitrogen and oxygen atoms in total. The molecule has 0 saturated carbocycles. The molecule has 16 heavy (non-hydrogen) atoms. The van der Waals surface area contributed by atoms with Crippen molar-refractivity contribution in [3.8, 4) is 0 Å². The van der Waals surface area contributed by atoms with Crippen LogP contribution in [0, 0.1) is 0 Å². The van der Waals surface area contributed by atoms with Crippen LogP contribution in [0.3, 0.4) is 0 Å². The Balaban J connectivity index is 2.70. The predicted octanol–water partition coefficient (Wildman–Crippen LogP) is 1.95. The summed E-state index contributed by atoms with van der Waals surface area (Å²) in [6.07, 6.45) is 2.72. The number of ether oxygens (including phenoxy) is 2. The van der Waals surface area contributed by atoms with Crippen molar-refractivity contribution in [2.24, 2.45) is 0 Å². The van der Waals surface area contributed by atoms with Gasteiger partial charge in [0, 0.05) is 13.8 Å². The van der Waals surface area contributed by atoms with E-state index in [0.29, 0.717) is 0 Å². The Bertz CT molecular complexity index is 286. The predicted molar refractivity (Wildman–Crippen MR) is 65.7 cm³/mol. The van der Waals surface area contributed by atoms with Gasteiger partial charge in [0.1, 0.15) is 12.2 Å². The molecule has 0 aromatic rings. The second-order valence-electron chi connectivity index (χ2n) is 3.42. The average Bonchev–Trinajstić information content (AvgIpc) is 2.16. The van der Waals surface area contributed by atoms with Crippen LogP contribution in [0.5, 0.6) is 0 Å². The van der Waals surface area contributed by atoms with Crippen molar-refractivity contribution in [2.75, 3.05) is 0 Å². The summed E-state index contributed by atoms with van der Waals surface area (Å²) in [4.78, 5) is 21.4. The van der Waals surface area contributed by atoms with Gasteiger partial charge in [0.05, 0.1) is 9.65 Å². The van der Waals surface area contributed by atoms with E-state index < -0.39 is 0 Å². The Labute approximate surface area is 111 Å². The number of hydrogen-bond donors (Lipinski definition) is 0. The topological polar surface area (TPSA) is 52.6 Å². The molecule has 1 aliphatic rings. The quantitative estimate of drug-likeness (QED) is 0.431. The summed E-state index contributed by atoms with van der Waals surface area (Å²) >= 11 is 6.82. The maximum atomic E-state index is 10.8. The third kappa shape index (κ3) is 3.59. The van der Waals surface area contributed by atoms with E-state index in [1.807, 2.05) is 0 Å². The summed E-state index contributed by atoms with van der Waals surface area (Å²) in [5.41, 5.74) is 0. The van der Waals surface area contributed by atoms with Gasteiger partial charge < -0.3 is 9.47 Å². The van der Waals surface area contributed by atoms with Gasteiger partial charge in [-0.1, -0.05) is 31.9 Å². The van der Waals surface area contributed by atoms with Crippen LogP contribution in [0.4, 0.5) is 0 Å². The first kappa shape index (κ1) is 13.7. The van der Waals surface area contributed by atoms with E-state index in [4.69, 9.17) is 9.47 Å². The lowest BCUT2D eigenvalue weighted by Crippen LogP contribution is -2.42. The number of halogens is 2. The molecule has 0 N–H and O–H groups in total. The normalized spacial score (nSPS) is 33.2. The van der Waals surface area contributed by atoms with Gasteiger partial charge in [-0.3, -0.25) is 9.59 Å². The molecule has 0 amide bonds. The van der Waals surface area contributed by atoms with Crippen molar-refractivity contribution in [2.45, 2.75) is 35.7 Å². The molecule has 0 saturated heterocycles. The minimum absolute atomic E-state index is 0.134. The zero-order valence-electron chi connectivity index (χ0n) is 8.85. The number of hydrogen-bond acceptors (Lipinski definition) is 4. The zero-order valence-corrected chi connectivity index (χ0v) is 12.0. The zero-order chi connectivity index (χ0) is 12.3. The maximum Gasteiger partial charge on any atom is 0.303 e. The van der Waals surface area contributed by atoms with E-state index in [0.717, 1.165) is 0 Å². The van der Waals surface area contributed by atoms with Gasteiger partial charge in [-0.15, -0.1) is 0 Å². The lowest BCUT2D eigenvalue weighted by Gasteiger charge is -2.31. The molecule has 0 aromatic carbocycles. The molecule has 1 rings (SSSR count). The van der Waals surface area contributed by atoms with E-state index in [1.165, 1.54) is 13.8 Å². The molecule has 0 aliphatic heterocycles. The lowest BCUT2D eigenvalue weighted by atomic mass is 10.0. The molecule has 1 aliphatic carbocycles. The number of carbonyl (C=O) groups excluding carboxylic acids is 2. The Morgan fingerprint density at radius 2 is 1.25 bits per heavy atom. The first-order valence-electron chi connectivity index (χ1n) is 4.72. The average molecular weight is 356 g/mol. The van der Waals surface area contributed by atoms with E-state index >= 15 is 0 Å². The highest BCUT2D eigenvalue weighted by atomic mass is 79.9. The summed E-state index contributed by atoms with van der Waals surface area (Å²) in [6.45, 7) is 2.71. The molecule has 6 heteroatoms. The maximum absolute atomic E-state index is 10.8. The van der Waals surface area contributed by atoms with Crippen molar-refractivity contribution >= 4 is 43.8 Å². The molecule has 0 aromatic heterocycles. The van der Waals surface area contributed by atoms with Crippen molar-refractivity contribution in [3.05, 3.63) is 12.2 Å². The standard InChI is InChI=1S/C10H12Br2O4/c1-5(13)15-7-3-4-8(16-6(2)14)10(12)9(7)11/h3-4,7-10H,1-2H3. The second-order valence-corrected chi connectivity index (χ2v) is 5.54. The van der Waals surface area contributed by atoms with E-state index in [9.17, 15) is 9.59 Å². The van der Waals surface area contributed by atoms with E-state index in [2.05, 4.69) is 31.9 Å². The lowest BCUT2D eigenvalue weighted by molar-refractivity contribution is -0.148. The molecule has 0 heterocycles. The van der Waals surface area contributed by atoms with Gasteiger partial charge in [-0.2, -0.15) is 0 Å². The van der Waals surface area contributed by atoms with Crippen LogP contribution in [-0.4, -0.2) is 33.8 Å². The Morgan fingerprint density at radius 3 is 1.50 bits per heavy atom. The van der Waals surface area contributed by atoms with Gasteiger partial charge in [-0.25, -0.2) is 0 Å². The van der Waals surface area contributed by atoms with E-state index in [1.54, 1.807) is 12.2 Å². The summed E-state index contributed by atoms with van der Waals surface area (Å²) < 4.78 is 10.2. The van der Waals surface area contributed by atoms with Crippen LogP contribution in [0.2, 0.25) is 0 Å². The van der Waals surface area contributed by atoms with Crippen molar-refractivity contribution < 1.29 is 19.1 Å². The molecule has 90 valence electrons. The van der Waals surface area contributed by atoms with Gasteiger partial charge in [0.2, 0.25) is 0 Å². The van der Waals surface area contributed by atoms with E-state index in [-0.39, 0.29) is 33.8 Å². The SMILES string of the molecule is CC(=O)OC1C=CC(OC(C)=O)C(Br)C1Br. The van der Waals surface area contributed by atoms with Crippen LogP contribution >= 0.6 is 31.9 Å². The smallest absolute Gasteiger partial charge is 0.303 e. The fraction of sp³-hybridized carbons (Fsp3) is 0.600.